The zero-order valence-corrected chi connectivity index (χ0v) is 9.12. The van der Waals surface area contributed by atoms with Gasteiger partial charge in [-0.05, 0) is 20.8 Å². The third-order valence-corrected chi connectivity index (χ3v) is 1.27. The molecule has 0 saturated carbocycles. The number of methoxy groups -OCH3 is 1. The summed E-state index contributed by atoms with van der Waals surface area (Å²) in [4.78, 5) is 0. The third kappa shape index (κ3) is 14.5. The van der Waals surface area contributed by atoms with Gasteiger partial charge >= 0.3 is 0 Å². The molecule has 3 heteroatoms. The van der Waals surface area contributed by atoms with E-state index in [1.165, 1.54) is 0 Å². The van der Waals surface area contributed by atoms with Crippen LogP contribution in [0.1, 0.15) is 20.8 Å². The summed E-state index contributed by atoms with van der Waals surface area (Å²) in [6.45, 7) is 9.60. The van der Waals surface area contributed by atoms with Gasteiger partial charge in [-0.15, -0.1) is 6.58 Å². The lowest BCUT2D eigenvalue weighted by Gasteiger charge is -2.13. The first-order valence-corrected chi connectivity index (χ1v) is 4.44. The number of hydrogen-bond donors (Lipinski definition) is 1. The summed E-state index contributed by atoms with van der Waals surface area (Å²) < 4.78 is 10.1. The van der Waals surface area contributed by atoms with Crippen LogP contribution in [0.4, 0.5) is 0 Å². The first kappa shape index (κ1) is 15.1. The molecule has 1 N–H and O–H groups in total. The maximum atomic E-state index is 8.55. The first-order chi connectivity index (χ1) is 6.12. The molecule has 0 aromatic carbocycles. The number of aliphatic hydroxyl groups is 1. The van der Waals surface area contributed by atoms with E-state index in [1.54, 1.807) is 13.2 Å². The van der Waals surface area contributed by atoms with Crippen LogP contribution in [0.5, 0.6) is 0 Å². The van der Waals surface area contributed by atoms with E-state index in [0.29, 0.717) is 6.61 Å². The lowest BCUT2D eigenvalue weighted by atomic mass is 10.4. The Hall–Kier alpha value is -0.380. The molecule has 2 unspecified atom stereocenters. The molecule has 13 heavy (non-hydrogen) atoms. The maximum absolute atomic E-state index is 8.55. The van der Waals surface area contributed by atoms with Crippen molar-refractivity contribution >= 4 is 0 Å². The van der Waals surface area contributed by atoms with E-state index in [1.807, 2.05) is 20.8 Å². The topological polar surface area (TPSA) is 38.7 Å². The highest BCUT2D eigenvalue weighted by molar-refractivity contribution is 4.51. The number of hydrogen-bond acceptors (Lipinski definition) is 3. The van der Waals surface area contributed by atoms with Gasteiger partial charge in [0.2, 0.25) is 0 Å². The van der Waals surface area contributed by atoms with Crippen LogP contribution >= 0.6 is 0 Å². The fourth-order valence-electron chi connectivity index (χ4n) is 0.421. The van der Waals surface area contributed by atoms with Crippen molar-refractivity contribution in [2.75, 3.05) is 20.3 Å². The Morgan fingerprint density at radius 2 is 1.85 bits per heavy atom. The van der Waals surface area contributed by atoms with Gasteiger partial charge in [0.05, 0.1) is 25.4 Å². The summed E-state index contributed by atoms with van der Waals surface area (Å²) in [6, 6.07) is 0. The summed E-state index contributed by atoms with van der Waals surface area (Å²) >= 11 is 0. The molecule has 0 radical (unpaired) electrons. The molecule has 0 heterocycles. The Morgan fingerprint density at radius 1 is 1.38 bits per heavy atom. The smallest absolute Gasteiger partial charge is 0.0779 e. The van der Waals surface area contributed by atoms with Gasteiger partial charge in [0, 0.05) is 7.11 Å². The minimum absolute atomic E-state index is 0.0659. The van der Waals surface area contributed by atoms with Crippen molar-refractivity contribution in [3.63, 3.8) is 0 Å². The molecule has 0 aromatic rings. The average Bonchev–Trinajstić information content (AvgIpc) is 2.14. The second-order valence-corrected chi connectivity index (χ2v) is 2.78. The molecule has 0 aliphatic heterocycles. The fourth-order valence-corrected chi connectivity index (χ4v) is 0.421. The monoisotopic (exact) mass is 190 g/mol. The highest BCUT2D eigenvalue weighted by Crippen LogP contribution is 1.93. The van der Waals surface area contributed by atoms with Crippen LogP contribution in [0.15, 0.2) is 12.7 Å². The Kier molecular flexibility index (Phi) is 13.5. The normalized spacial score (nSPS) is 13.9. The molecule has 0 rings (SSSR count). The lowest BCUT2D eigenvalue weighted by Crippen LogP contribution is -2.21. The standard InChI is InChI=1S/C7H16O3.C3H6/c1-6(4-8)10-5-7(2)9-3;1-3-2/h6-8H,4-5H2,1-3H3;3H,1H2,2H3. The maximum Gasteiger partial charge on any atom is 0.0779 e. The van der Waals surface area contributed by atoms with E-state index >= 15 is 0 Å². The molecule has 2 atom stereocenters. The van der Waals surface area contributed by atoms with Gasteiger partial charge in [0.15, 0.2) is 0 Å². The summed E-state index contributed by atoms with van der Waals surface area (Å²) in [5.41, 5.74) is 0. The van der Waals surface area contributed by atoms with Gasteiger partial charge in [-0.25, -0.2) is 0 Å². The summed E-state index contributed by atoms with van der Waals surface area (Å²) in [5.74, 6) is 0. The largest absolute Gasteiger partial charge is 0.394 e. The lowest BCUT2D eigenvalue weighted by molar-refractivity contribution is -0.0313. The number of aliphatic hydroxyl groups excluding tert-OH is 1. The molecule has 0 fully saturated rings. The molecule has 0 aliphatic carbocycles. The van der Waals surface area contributed by atoms with Crippen molar-refractivity contribution in [1.29, 1.82) is 0 Å². The third-order valence-electron chi connectivity index (χ3n) is 1.27. The van der Waals surface area contributed by atoms with Crippen molar-refractivity contribution in [3.05, 3.63) is 12.7 Å². The average molecular weight is 190 g/mol. The molecule has 0 bridgehead atoms. The van der Waals surface area contributed by atoms with Gasteiger partial charge in [0.25, 0.3) is 0 Å². The van der Waals surface area contributed by atoms with Gasteiger partial charge in [0.1, 0.15) is 0 Å². The number of rotatable bonds is 5. The van der Waals surface area contributed by atoms with E-state index in [-0.39, 0.29) is 18.8 Å². The van der Waals surface area contributed by atoms with Crippen LogP contribution in [-0.4, -0.2) is 37.6 Å². The fraction of sp³-hybridized carbons (Fsp3) is 0.800. The van der Waals surface area contributed by atoms with Crippen molar-refractivity contribution in [1.82, 2.24) is 0 Å². The van der Waals surface area contributed by atoms with Crippen LogP contribution in [0, 0.1) is 0 Å². The van der Waals surface area contributed by atoms with Gasteiger partial charge < -0.3 is 14.6 Å². The van der Waals surface area contributed by atoms with Crippen molar-refractivity contribution in [3.8, 4) is 0 Å². The summed E-state index contributed by atoms with van der Waals surface area (Å²) in [5, 5.41) is 8.55. The Morgan fingerprint density at radius 3 is 2.15 bits per heavy atom. The van der Waals surface area contributed by atoms with E-state index < -0.39 is 0 Å². The van der Waals surface area contributed by atoms with E-state index in [4.69, 9.17) is 14.6 Å². The summed E-state index contributed by atoms with van der Waals surface area (Å²) in [6.07, 6.45) is 1.77. The second-order valence-electron chi connectivity index (χ2n) is 2.78. The van der Waals surface area contributed by atoms with Crippen LogP contribution < -0.4 is 0 Å². The van der Waals surface area contributed by atoms with E-state index in [2.05, 4.69) is 6.58 Å². The zero-order valence-electron chi connectivity index (χ0n) is 9.12. The minimum atomic E-state index is -0.0856. The predicted molar refractivity (Wildman–Crippen MR) is 54.8 cm³/mol. The second kappa shape index (κ2) is 11.6. The molecule has 80 valence electrons. The van der Waals surface area contributed by atoms with Crippen molar-refractivity contribution in [2.24, 2.45) is 0 Å². The number of allylic oxidation sites excluding steroid dienone is 1. The van der Waals surface area contributed by atoms with Crippen molar-refractivity contribution in [2.45, 2.75) is 33.0 Å². The van der Waals surface area contributed by atoms with Crippen LogP contribution in [0.25, 0.3) is 0 Å². The van der Waals surface area contributed by atoms with Crippen LogP contribution in [0.3, 0.4) is 0 Å². The van der Waals surface area contributed by atoms with E-state index in [9.17, 15) is 0 Å². The minimum Gasteiger partial charge on any atom is -0.394 e. The van der Waals surface area contributed by atoms with E-state index in [0.717, 1.165) is 0 Å². The van der Waals surface area contributed by atoms with Gasteiger partial charge in [-0.3, -0.25) is 0 Å². The summed E-state index contributed by atoms with van der Waals surface area (Å²) in [7, 11) is 1.64. The molecule has 0 spiro atoms. The first-order valence-electron chi connectivity index (χ1n) is 4.44. The molecular weight excluding hydrogens is 168 g/mol. The van der Waals surface area contributed by atoms with Gasteiger partial charge in [-0.1, -0.05) is 6.08 Å². The molecule has 0 aromatic heterocycles. The number of ether oxygens (including phenoxy) is 2. The Balaban J connectivity index is 0. The SMILES string of the molecule is C=CC.COC(C)COC(C)CO. The molecule has 3 nitrogen and oxygen atoms in total. The molecule has 0 aliphatic rings. The van der Waals surface area contributed by atoms with Crippen LogP contribution in [-0.2, 0) is 9.47 Å². The van der Waals surface area contributed by atoms with Gasteiger partial charge in [-0.2, -0.15) is 0 Å². The highest BCUT2D eigenvalue weighted by atomic mass is 16.5. The highest BCUT2D eigenvalue weighted by Gasteiger charge is 2.03. The quantitative estimate of drug-likeness (QED) is 0.669. The van der Waals surface area contributed by atoms with Crippen LogP contribution in [0.2, 0.25) is 0 Å². The molecule has 0 saturated heterocycles. The Labute approximate surface area is 81.4 Å². The zero-order chi connectivity index (χ0) is 10.7. The Bertz CT molecular complexity index is 94.3. The predicted octanol–water partition coefficient (Wildman–Crippen LogP) is 1.61. The molecular formula is C10H22O3. The molecule has 0 amide bonds. The van der Waals surface area contributed by atoms with Crippen molar-refractivity contribution < 1.29 is 14.6 Å².